The molecule has 1 rings (SSSR count). The molecule has 2 unspecified atom stereocenters. The van der Waals surface area contributed by atoms with E-state index in [0.717, 1.165) is 32.4 Å². The fraction of sp³-hybridized carbons (Fsp3) is 0.833. The lowest BCUT2D eigenvalue weighted by atomic mass is 9.92. The molecule has 0 aromatic carbocycles. The summed E-state index contributed by atoms with van der Waals surface area (Å²) in [7, 11) is 0. The van der Waals surface area contributed by atoms with Gasteiger partial charge in [-0.3, -0.25) is 9.59 Å². The Morgan fingerprint density at radius 2 is 1.75 bits per heavy atom. The minimum atomic E-state index is -0.928. The zero-order valence-electron chi connectivity index (χ0n) is 15.3. The van der Waals surface area contributed by atoms with Crippen LogP contribution >= 0.6 is 0 Å². The van der Waals surface area contributed by atoms with Gasteiger partial charge >= 0.3 is 5.97 Å². The van der Waals surface area contributed by atoms with E-state index in [-0.39, 0.29) is 18.2 Å². The molecule has 1 saturated heterocycles. The second kappa shape index (κ2) is 10.3. The van der Waals surface area contributed by atoms with Crippen molar-refractivity contribution in [2.75, 3.05) is 19.6 Å². The monoisotopic (exact) mass is 340 g/mol. The molecule has 1 N–H and O–H groups in total. The van der Waals surface area contributed by atoms with Gasteiger partial charge in [-0.2, -0.15) is 0 Å². The number of carboxylic acids is 1. The van der Waals surface area contributed by atoms with E-state index < -0.39 is 12.0 Å². The second-order valence-corrected chi connectivity index (χ2v) is 6.81. The third-order valence-electron chi connectivity index (χ3n) is 4.59. The largest absolute Gasteiger partial charge is 0.480 e. The van der Waals surface area contributed by atoms with Gasteiger partial charge in [0.25, 0.3) is 0 Å². The van der Waals surface area contributed by atoms with Crippen molar-refractivity contribution in [1.82, 2.24) is 9.80 Å². The topological polar surface area (TPSA) is 77.9 Å². The van der Waals surface area contributed by atoms with E-state index in [1.54, 1.807) is 0 Å². The van der Waals surface area contributed by atoms with Crippen LogP contribution in [0.25, 0.3) is 0 Å². The Bertz CT molecular complexity index is 433. The van der Waals surface area contributed by atoms with Gasteiger partial charge in [-0.25, -0.2) is 4.79 Å². The number of carbonyl (C=O) groups excluding carboxylic acids is 2. The molecule has 0 aromatic heterocycles. The van der Waals surface area contributed by atoms with Crippen LogP contribution in [0, 0.1) is 5.92 Å². The predicted molar refractivity (Wildman–Crippen MR) is 92.5 cm³/mol. The van der Waals surface area contributed by atoms with E-state index in [0.29, 0.717) is 31.7 Å². The fourth-order valence-corrected chi connectivity index (χ4v) is 3.27. The third kappa shape index (κ3) is 6.13. The second-order valence-electron chi connectivity index (χ2n) is 6.81. The van der Waals surface area contributed by atoms with Crippen LogP contribution in [0.2, 0.25) is 0 Å². The van der Waals surface area contributed by atoms with E-state index in [2.05, 4.69) is 0 Å². The van der Waals surface area contributed by atoms with E-state index in [9.17, 15) is 19.5 Å². The highest BCUT2D eigenvalue weighted by molar-refractivity contribution is 5.84. The van der Waals surface area contributed by atoms with E-state index in [1.807, 2.05) is 25.7 Å². The Hall–Kier alpha value is -1.59. The van der Waals surface area contributed by atoms with Gasteiger partial charge in [0.1, 0.15) is 6.04 Å². The summed E-state index contributed by atoms with van der Waals surface area (Å²) in [5.74, 6) is -0.649. The summed E-state index contributed by atoms with van der Waals surface area (Å²) in [6.07, 6.45) is 4.30. The fourth-order valence-electron chi connectivity index (χ4n) is 3.27. The molecular weight excluding hydrogens is 308 g/mol. The molecule has 0 radical (unpaired) electrons. The van der Waals surface area contributed by atoms with Gasteiger partial charge < -0.3 is 14.9 Å². The van der Waals surface area contributed by atoms with Crippen molar-refractivity contribution in [1.29, 1.82) is 0 Å². The van der Waals surface area contributed by atoms with Gasteiger partial charge in [0.2, 0.25) is 11.8 Å². The number of rotatable bonds is 9. The third-order valence-corrected chi connectivity index (χ3v) is 4.59. The molecule has 0 bridgehead atoms. The standard InChI is InChI=1S/C18H32N2O4/c1-4-10-19(11-5-2)16(21)7-6-8-17(22)20-12-9-14(3)13-15(20)18(23)24/h14-15H,4-13H2,1-3H3,(H,23,24). The molecule has 24 heavy (non-hydrogen) atoms. The minimum absolute atomic E-state index is 0.0913. The first-order valence-electron chi connectivity index (χ1n) is 9.20. The molecule has 6 heteroatoms. The molecule has 1 aliphatic heterocycles. The lowest BCUT2D eigenvalue weighted by Crippen LogP contribution is -2.49. The number of hydrogen-bond acceptors (Lipinski definition) is 3. The molecule has 0 aliphatic carbocycles. The zero-order valence-corrected chi connectivity index (χ0v) is 15.3. The number of nitrogens with zero attached hydrogens (tertiary/aromatic N) is 2. The maximum absolute atomic E-state index is 12.4. The normalized spacial score (nSPS) is 20.7. The molecule has 2 amide bonds. The predicted octanol–water partition coefficient (Wildman–Crippen LogP) is 2.52. The van der Waals surface area contributed by atoms with Crippen LogP contribution in [0.3, 0.4) is 0 Å². The summed E-state index contributed by atoms with van der Waals surface area (Å²) in [6, 6.07) is -0.714. The van der Waals surface area contributed by atoms with Crippen LogP contribution in [0.1, 0.15) is 65.7 Å². The summed E-state index contributed by atoms with van der Waals surface area (Å²) < 4.78 is 0. The maximum atomic E-state index is 12.4. The first-order chi connectivity index (χ1) is 11.4. The van der Waals surface area contributed by atoms with Gasteiger partial charge in [-0.05, 0) is 38.0 Å². The SMILES string of the molecule is CCCN(CCC)C(=O)CCCC(=O)N1CCC(C)CC1C(=O)O. The lowest BCUT2D eigenvalue weighted by molar-refractivity contribution is -0.153. The first-order valence-corrected chi connectivity index (χ1v) is 9.20. The van der Waals surface area contributed by atoms with Crippen LogP contribution in [0.15, 0.2) is 0 Å². The van der Waals surface area contributed by atoms with E-state index in [4.69, 9.17) is 0 Å². The quantitative estimate of drug-likeness (QED) is 0.699. The first kappa shape index (κ1) is 20.5. The molecule has 1 heterocycles. The van der Waals surface area contributed by atoms with Crippen LogP contribution in [0.4, 0.5) is 0 Å². The Balaban J connectivity index is 2.47. The van der Waals surface area contributed by atoms with Crippen LogP contribution in [0.5, 0.6) is 0 Å². The summed E-state index contributed by atoms with van der Waals surface area (Å²) >= 11 is 0. The average Bonchev–Trinajstić information content (AvgIpc) is 2.54. The highest BCUT2D eigenvalue weighted by Crippen LogP contribution is 2.23. The molecule has 2 atom stereocenters. The molecule has 0 aromatic rings. The van der Waals surface area contributed by atoms with Crippen LogP contribution in [-0.2, 0) is 14.4 Å². The summed E-state index contributed by atoms with van der Waals surface area (Å²) in [5.41, 5.74) is 0. The number of amides is 2. The summed E-state index contributed by atoms with van der Waals surface area (Å²) in [6.45, 7) is 8.12. The Morgan fingerprint density at radius 1 is 1.12 bits per heavy atom. The Labute approximate surface area is 145 Å². The van der Waals surface area contributed by atoms with E-state index in [1.165, 1.54) is 4.90 Å². The van der Waals surface area contributed by atoms with Crippen LogP contribution < -0.4 is 0 Å². The van der Waals surface area contributed by atoms with Gasteiger partial charge in [0, 0.05) is 32.5 Å². The van der Waals surface area contributed by atoms with Gasteiger partial charge in [0.05, 0.1) is 0 Å². The Morgan fingerprint density at radius 3 is 2.29 bits per heavy atom. The average molecular weight is 340 g/mol. The molecule has 0 spiro atoms. The van der Waals surface area contributed by atoms with Crippen molar-refractivity contribution in [3.8, 4) is 0 Å². The minimum Gasteiger partial charge on any atom is -0.480 e. The van der Waals surface area contributed by atoms with E-state index >= 15 is 0 Å². The smallest absolute Gasteiger partial charge is 0.326 e. The molecule has 0 saturated carbocycles. The number of carboxylic acid groups (broad SMARTS) is 1. The molecule has 6 nitrogen and oxygen atoms in total. The number of carbonyl (C=O) groups is 3. The van der Waals surface area contributed by atoms with Gasteiger partial charge in [-0.1, -0.05) is 20.8 Å². The highest BCUT2D eigenvalue weighted by Gasteiger charge is 2.34. The van der Waals surface area contributed by atoms with Crippen molar-refractivity contribution in [2.45, 2.75) is 71.8 Å². The Kier molecular flexibility index (Phi) is 8.79. The van der Waals surface area contributed by atoms with Crippen molar-refractivity contribution in [3.63, 3.8) is 0 Å². The van der Waals surface area contributed by atoms with Crippen molar-refractivity contribution in [2.24, 2.45) is 5.92 Å². The number of piperidine rings is 1. The van der Waals surface area contributed by atoms with Gasteiger partial charge in [0.15, 0.2) is 0 Å². The van der Waals surface area contributed by atoms with Crippen molar-refractivity contribution < 1.29 is 19.5 Å². The lowest BCUT2D eigenvalue weighted by Gasteiger charge is -2.36. The van der Waals surface area contributed by atoms with Gasteiger partial charge in [-0.15, -0.1) is 0 Å². The molecule has 1 fully saturated rings. The summed E-state index contributed by atoms with van der Waals surface area (Å²) in [5, 5.41) is 9.33. The molecule has 138 valence electrons. The number of hydrogen-bond donors (Lipinski definition) is 1. The van der Waals surface area contributed by atoms with Crippen molar-refractivity contribution >= 4 is 17.8 Å². The number of aliphatic carboxylic acids is 1. The molecular formula is C18H32N2O4. The highest BCUT2D eigenvalue weighted by atomic mass is 16.4. The van der Waals surface area contributed by atoms with Crippen LogP contribution in [-0.4, -0.2) is 58.4 Å². The molecule has 1 aliphatic rings. The number of likely N-dealkylation sites (tertiary alicyclic amines) is 1. The zero-order chi connectivity index (χ0) is 18.1. The maximum Gasteiger partial charge on any atom is 0.326 e. The van der Waals surface area contributed by atoms with Crippen molar-refractivity contribution in [3.05, 3.63) is 0 Å². The summed E-state index contributed by atoms with van der Waals surface area (Å²) in [4.78, 5) is 39.3.